The molecule has 0 bridgehead atoms. The zero-order valence-corrected chi connectivity index (χ0v) is 13.5. The number of carbonyl (C=O) groups is 1. The van der Waals surface area contributed by atoms with Crippen molar-refractivity contribution in [3.8, 4) is 11.5 Å². The molecule has 1 atom stereocenters. The van der Waals surface area contributed by atoms with Gasteiger partial charge in [-0.15, -0.1) is 0 Å². The Morgan fingerprint density at radius 2 is 1.73 bits per heavy atom. The quantitative estimate of drug-likeness (QED) is 0.936. The Kier molecular flexibility index (Phi) is 4.21. The second-order valence-electron chi connectivity index (χ2n) is 6.16. The van der Waals surface area contributed by atoms with E-state index in [2.05, 4.69) is 9.97 Å². The zero-order chi connectivity index (χ0) is 16.5. The fourth-order valence-electron chi connectivity index (χ4n) is 2.73. The van der Waals surface area contributed by atoms with Crippen molar-refractivity contribution in [1.82, 2.24) is 9.97 Å². The molecule has 22 heavy (non-hydrogen) atoms. The lowest BCUT2D eigenvalue weighted by atomic mass is 9.75. The Labute approximate surface area is 129 Å². The maximum Gasteiger partial charge on any atom is 0.225 e. The van der Waals surface area contributed by atoms with E-state index in [1.54, 1.807) is 32.7 Å². The first-order valence-electron chi connectivity index (χ1n) is 6.96. The van der Waals surface area contributed by atoms with Gasteiger partial charge in [0.15, 0.2) is 5.75 Å². The highest BCUT2D eigenvalue weighted by molar-refractivity contribution is 5.92. The van der Waals surface area contributed by atoms with E-state index in [0.717, 1.165) is 0 Å². The number of ether oxygens (including phenoxy) is 2. The van der Waals surface area contributed by atoms with Gasteiger partial charge in [-0.1, -0.05) is 20.8 Å². The molecule has 0 aliphatic rings. The van der Waals surface area contributed by atoms with E-state index >= 15 is 0 Å². The number of methoxy groups -OCH3 is 2. The second kappa shape index (κ2) is 5.79. The van der Waals surface area contributed by atoms with E-state index in [4.69, 9.17) is 15.2 Å². The Balaban J connectivity index is 2.85. The van der Waals surface area contributed by atoms with Crippen LogP contribution in [0.2, 0.25) is 0 Å². The molecule has 0 saturated heterocycles. The zero-order valence-electron chi connectivity index (χ0n) is 13.5. The summed E-state index contributed by atoms with van der Waals surface area (Å²) >= 11 is 0. The van der Waals surface area contributed by atoms with Crippen LogP contribution in [0.1, 0.15) is 32.3 Å². The number of nitrogens with zero attached hydrogens (tertiary/aromatic N) is 2. The first-order chi connectivity index (χ1) is 10.3. The van der Waals surface area contributed by atoms with E-state index in [0.29, 0.717) is 28.1 Å². The molecule has 1 amide bonds. The number of fused-ring (bicyclic) bond motifs is 1. The average molecular weight is 303 g/mol. The Morgan fingerprint density at radius 1 is 1.14 bits per heavy atom. The number of benzene rings is 1. The fraction of sp³-hybridized carbons (Fsp3) is 0.438. The summed E-state index contributed by atoms with van der Waals surface area (Å²) in [5.41, 5.74) is 7.06. The van der Waals surface area contributed by atoms with Crippen LogP contribution in [-0.2, 0) is 4.79 Å². The first-order valence-corrected chi connectivity index (χ1v) is 6.96. The molecule has 0 aliphatic heterocycles. The van der Waals surface area contributed by atoms with Gasteiger partial charge in [0.1, 0.15) is 16.8 Å². The van der Waals surface area contributed by atoms with Crippen LogP contribution in [0.3, 0.4) is 0 Å². The van der Waals surface area contributed by atoms with Crippen LogP contribution in [0.5, 0.6) is 11.5 Å². The third-order valence-electron chi connectivity index (χ3n) is 3.58. The minimum absolute atomic E-state index is 0.375. The largest absolute Gasteiger partial charge is 0.494 e. The molecule has 1 aromatic heterocycles. The number of hydrogen-bond acceptors (Lipinski definition) is 5. The predicted molar refractivity (Wildman–Crippen MR) is 84.0 cm³/mol. The van der Waals surface area contributed by atoms with Gasteiger partial charge in [0.2, 0.25) is 5.91 Å². The predicted octanol–water partition coefficient (Wildman–Crippen LogP) is 2.26. The normalized spacial score (nSPS) is 13.0. The van der Waals surface area contributed by atoms with Crippen LogP contribution in [0.25, 0.3) is 11.0 Å². The first kappa shape index (κ1) is 16.0. The summed E-state index contributed by atoms with van der Waals surface area (Å²) in [4.78, 5) is 20.7. The van der Waals surface area contributed by atoms with Crippen molar-refractivity contribution in [3.63, 3.8) is 0 Å². The molecule has 2 rings (SSSR count). The number of aromatic nitrogens is 2. The smallest absolute Gasteiger partial charge is 0.225 e. The molecule has 6 heteroatoms. The van der Waals surface area contributed by atoms with Gasteiger partial charge in [-0.05, 0) is 11.5 Å². The van der Waals surface area contributed by atoms with Crippen molar-refractivity contribution in [2.75, 3.05) is 14.2 Å². The molecule has 0 aliphatic carbocycles. The van der Waals surface area contributed by atoms with E-state index in [-0.39, 0.29) is 5.41 Å². The number of nitrogens with two attached hydrogens (primary N) is 1. The highest BCUT2D eigenvalue weighted by atomic mass is 16.5. The Morgan fingerprint density at radius 3 is 2.18 bits per heavy atom. The van der Waals surface area contributed by atoms with Gasteiger partial charge in [-0.3, -0.25) is 4.79 Å². The lowest BCUT2D eigenvalue weighted by Gasteiger charge is -2.30. The van der Waals surface area contributed by atoms with Crippen molar-refractivity contribution < 1.29 is 14.3 Å². The van der Waals surface area contributed by atoms with Crippen molar-refractivity contribution in [2.45, 2.75) is 26.7 Å². The van der Waals surface area contributed by atoms with Gasteiger partial charge in [0, 0.05) is 18.0 Å². The van der Waals surface area contributed by atoms with Crippen LogP contribution < -0.4 is 15.2 Å². The molecule has 1 aromatic carbocycles. The minimum Gasteiger partial charge on any atom is -0.494 e. The van der Waals surface area contributed by atoms with Gasteiger partial charge >= 0.3 is 0 Å². The van der Waals surface area contributed by atoms with Gasteiger partial charge in [-0.25, -0.2) is 9.97 Å². The molecule has 118 valence electrons. The van der Waals surface area contributed by atoms with E-state index in [1.807, 2.05) is 20.8 Å². The summed E-state index contributed by atoms with van der Waals surface area (Å²) in [7, 11) is 3.09. The number of primary amides is 1. The molecular formula is C16H21N3O3. The van der Waals surface area contributed by atoms with E-state index in [1.165, 1.54) is 0 Å². The van der Waals surface area contributed by atoms with E-state index < -0.39 is 11.8 Å². The van der Waals surface area contributed by atoms with Crippen LogP contribution in [0.4, 0.5) is 0 Å². The van der Waals surface area contributed by atoms with Crippen LogP contribution >= 0.6 is 0 Å². The maximum atomic E-state index is 12.0. The van der Waals surface area contributed by atoms with Gasteiger partial charge in [0.05, 0.1) is 20.1 Å². The van der Waals surface area contributed by atoms with Crippen LogP contribution in [-0.4, -0.2) is 30.1 Å². The summed E-state index contributed by atoms with van der Waals surface area (Å²) in [5, 5.41) is 0. The van der Waals surface area contributed by atoms with Crippen molar-refractivity contribution >= 4 is 16.9 Å². The highest BCUT2D eigenvalue weighted by Crippen LogP contribution is 2.44. The molecule has 0 fully saturated rings. The molecule has 2 aromatic rings. The standard InChI is InChI=1S/C16H21N3O3/c1-16(2,3)11(15(17)20)9-8-10(21-4)12-13(14(9)22-5)19-7-6-18-12/h6-8,11H,1-5H3,(H2,17,20). The lowest BCUT2D eigenvalue weighted by molar-refractivity contribution is -0.121. The Bertz CT molecular complexity index is 708. The summed E-state index contributed by atoms with van der Waals surface area (Å²) in [6, 6.07) is 1.76. The van der Waals surface area contributed by atoms with Gasteiger partial charge in [-0.2, -0.15) is 0 Å². The average Bonchev–Trinajstić information content (AvgIpc) is 2.44. The van der Waals surface area contributed by atoms with Gasteiger partial charge < -0.3 is 15.2 Å². The summed E-state index contributed by atoms with van der Waals surface area (Å²) in [6.07, 6.45) is 3.16. The minimum atomic E-state index is -0.539. The summed E-state index contributed by atoms with van der Waals surface area (Å²) in [6.45, 7) is 5.86. The molecule has 0 saturated carbocycles. The number of rotatable bonds is 4. The Hall–Kier alpha value is -2.37. The second-order valence-corrected chi connectivity index (χ2v) is 6.16. The number of amides is 1. The SMILES string of the molecule is COc1cc(C(C(N)=O)C(C)(C)C)c(OC)c2nccnc12. The third-order valence-corrected chi connectivity index (χ3v) is 3.58. The molecule has 0 spiro atoms. The molecule has 6 nitrogen and oxygen atoms in total. The number of carbonyl (C=O) groups excluding carboxylic acids is 1. The van der Waals surface area contributed by atoms with E-state index in [9.17, 15) is 4.79 Å². The topological polar surface area (TPSA) is 87.3 Å². The van der Waals surface area contributed by atoms with Crippen LogP contribution in [0.15, 0.2) is 18.5 Å². The number of hydrogen-bond donors (Lipinski definition) is 1. The monoisotopic (exact) mass is 303 g/mol. The molecule has 1 unspecified atom stereocenters. The lowest BCUT2D eigenvalue weighted by Crippen LogP contribution is -2.32. The van der Waals surface area contributed by atoms with Crippen LogP contribution in [0, 0.1) is 5.41 Å². The summed E-state index contributed by atoms with van der Waals surface area (Å²) in [5.74, 6) is 0.0795. The van der Waals surface area contributed by atoms with Crippen molar-refractivity contribution in [3.05, 3.63) is 24.0 Å². The van der Waals surface area contributed by atoms with Crippen molar-refractivity contribution in [2.24, 2.45) is 11.1 Å². The molecular weight excluding hydrogens is 282 g/mol. The maximum absolute atomic E-state index is 12.0. The molecule has 0 radical (unpaired) electrons. The third kappa shape index (κ3) is 2.68. The fourth-order valence-corrected chi connectivity index (χ4v) is 2.73. The van der Waals surface area contributed by atoms with Crippen molar-refractivity contribution in [1.29, 1.82) is 0 Å². The molecule has 1 heterocycles. The molecule has 2 N–H and O–H groups in total. The van der Waals surface area contributed by atoms with Gasteiger partial charge in [0.25, 0.3) is 0 Å². The highest BCUT2D eigenvalue weighted by Gasteiger charge is 2.35. The summed E-state index contributed by atoms with van der Waals surface area (Å²) < 4.78 is 10.9.